The standard InChI is InChI=1S/C10H8Br2OS/c1-2-13-6-3-7(11)10-8(12)5-14-9(10)4-6/h3-5H,2H2,1H3. The largest absolute Gasteiger partial charge is 0.494 e. The first-order valence-electron chi connectivity index (χ1n) is 4.21. The van der Waals surface area contributed by atoms with E-state index in [-0.39, 0.29) is 0 Å². The zero-order valence-electron chi connectivity index (χ0n) is 7.51. The minimum Gasteiger partial charge on any atom is -0.494 e. The van der Waals surface area contributed by atoms with E-state index in [2.05, 4.69) is 43.3 Å². The molecule has 0 atom stereocenters. The van der Waals surface area contributed by atoms with Crippen molar-refractivity contribution >= 4 is 53.3 Å². The van der Waals surface area contributed by atoms with Gasteiger partial charge in [0.25, 0.3) is 0 Å². The molecule has 0 aliphatic heterocycles. The van der Waals surface area contributed by atoms with Gasteiger partial charge in [0.05, 0.1) is 6.61 Å². The van der Waals surface area contributed by atoms with E-state index < -0.39 is 0 Å². The number of halogens is 2. The van der Waals surface area contributed by atoms with Gasteiger partial charge in [-0.2, -0.15) is 0 Å². The van der Waals surface area contributed by atoms with Crippen LogP contribution in [0.3, 0.4) is 0 Å². The fourth-order valence-corrected chi connectivity index (χ4v) is 4.07. The number of benzene rings is 1. The van der Waals surface area contributed by atoms with Crippen LogP contribution >= 0.6 is 43.2 Å². The van der Waals surface area contributed by atoms with Crippen LogP contribution in [-0.2, 0) is 0 Å². The van der Waals surface area contributed by atoms with Crippen molar-refractivity contribution in [2.75, 3.05) is 6.61 Å². The van der Waals surface area contributed by atoms with E-state index in [1.807, 2.05) is 13.0 Å². The van der Waals surface area contributed by atoms with Crippen LogP contribution in [0.5, 0.6) is 5.75 Å². The Morgan fingerprint density at radius 1 is 1.29 bits per heavy atom. The quantitative estimate of drug-likeness (QED) is 0.764. The normalized spacial score (nSPS) is 10.8. The number of rotatable bonds is 2. The second-order valence-corrected chi connectivity index (χ2v) is 5.41. The Balaban J connectivity index is 2.62. The first-order chi connectivity index (χ1) is 6.72. The molecule has 0 unspecified atom stereocenters. The van der Waals surface area contributed by atoms with Crippen LogP contribution < -0.4 is 4.74 Å². The summed E-state index contributed by atoms with van der Waals surface area (Å²) >= 11 is 8.78. The lowest BCUT2D eigenvalue weighted by atomic mass is 10.2. The zero-order valence-corrected chi connectivity index (χ0v) is 11.5. The van der Waals surface area contributed by atoms with Crippen molar-refractivity contribution in [2.24, 2.45) is 0 Å². The summed E-state index contributed by atoms with van der Waals surface area (Å²) in [6.45, 7) is 2.69. The molecule has 4 heteroatoms. The summed E-state index contributed by atoms with van der Waals surface area (Å²) < 4.78 is 8.90. The second-order valence-electron chi connectivity index (χ2n) is 2.79. The van der Waals surface area contributed by atoms with Crippen LogP contribution in [-0.4, -0.2) is 6.61 Å². The molecule has 1 aromatic carbocycles. The molecule has 1 nitrogen and oxygen atoms in total. The molecule has 14 heavy (non-hydrogen) atoms. The first kappa shape index (κ1) is 10.5. The molecule has 2 rings (SSSR count). The number of hydrogen-bond acceptors (Lipinski definition) is 2. The Bertz CT molecular complexity index is 464. The van der Waals surface area contributed by atoms with Crippen molar-refractivity contribution in [2.45, 2.75) is 6.92 Å². The fourth-order valence-electron chi connectivity index (χ4n) is 1.31. The van der Waals surface area contributed by atoms with Gasteiger partial charge in [-0.1, -0.05) is 0 Å². The molecular weight excluding hydrogens is 328 g/mol. The highest BCUT2D eigenvalue weighted by molar-refractivity contribution is 9.11. The lowest BCUT2D eigenvalue weighted by Crippen LogP contribution is -1.90. The highest BCUT2D eigenvalue weighted by atomic mass is 79.9. The average molecular weight is 336 g/mol. The predicted octanol–water partition coefficient (Wildman–Crippen LogP) is 4.83. The predicted molar refractivity (Wildman–Crippen MR) is 68.4 cm³/mol. The summed E-state index contributed by atoms with van der Waals surface area (Å²) in [5, 5.41) is 3.31. The van der Waals surface area contributed by atoms with E-state index in [0.717, 1.165) is 14.7 Å². The van der Waals surface area contributed by atoms with Gasteiger partial charge in [-0.3, -0.25) is 0 Å². The fraction of sp³-hybridized carbons (Fsp3) is 0.200. The SMILES string of the molecule is CCOc1cc(Br)c2c(Br)csc2c1. The Morgan fingerprint density at radius 3 is 2.79 bits per heavy atom. The van der Waals surface area contributed by atoms with E-state index in [1.165, 1.54) is 10.1 Å². The highest BCUT2D eigenvalue weighted by Crippen LogP contribution is 2.38. The Kier molecular flexibility index (Phi) is 3.14. The monoisotopic (exact) mass is 334 g/mol. The topological polar surface area (TPSA) is 9.23 Å². The van der Waals surface area contributed by atoms with Gasteiger partial charge in [-0.25, -0.2) is 0 Å². The molecule has 0 bridgehead atoms. The molecular formula is C10H8Br2OS. The number of fused-ring (bicyclic) bond motifs is 1. The summed E-state index contributed by atoms with van der Waals surface area (Å²) in [5.41, 5.74) is 0. The van der Waals surface area contributed by atoms with Crippen molar-refractivity contribution in [1.82, 2.24) is 0 Å². The third-order valence-corrected chi connectivity index (χ3v) is 4.35. The van der Waals surface area contributed by atoms with Gasteiger partial charge in [-0.15, -0.1) is 11.3 Å². The Morgan fingerprint density at radius 2 is 2.07 bits per heavy atom. The van der Waals surface area contributed by atoms with Crippen LogP contribution in [0.25, 0.3) is 10.1 Å². The molecule has 1 aromatic heterocycles. The maximum atomic E-state index is 5.47. The number of ether oxygens (including phenoxy) is 1. The molecule has 0 spiro atoms. The highest BCUT2D eigenvalue weighted by Gasteiger charge is 2.07. The second kappa shape index (κ2) is 4.21. The summed E-state index contributed by atoms with van der Waals surface area (Å²) in [6.07, 6.45) is 0. The van der Waals surface area contributed by atoms with Gasteiger partial charge in [0, 0.05) is 24.4 Å². The molecule has 0 saturated carbocycles. The first-order valence-corrected chi connectivity index (χ1v) is 6.68. The van der Waals surface area contributed by atoms with Crippen LogP contribution in [0.1, 0.15) is 6.92 Å². The molecule has 0 radical (unpaired) electrons. The summed E-state index contributed by atoms with van der Waals surface area (Å²) in [7, 11) is 0. The Hall–Kier alpha value is -0.0600. The van der Waals surface area contributed by atoms with Crippen LogP contribution in [0, 0.1) is 0 Å². The molecule has 0 N–H and O–H groups in total. The van der Waals surface area contributed by atoms with Gasteiger partial charge >= 0.3 is 0 Å². The van der Waals surface area contributed by atoms with E-state index in [1.54, 1.807) is 11.3 Å². The number of hydrogen-bond donors (Lipinski definition) is 0. The zero-order chi connectivity index (χ0) is 10.1. The lowest BCUT2D eigenvalue weighted by molar-refractivity contribution is 0.340. The third kappa shape index (κ3) is 1.83. The lowest BCUT2D eigenvalue weighted by Gasteiger charge is -2.04. The average Bonchev–Trinajstić information content (AvgIpc) is 2.48. The molecule has 74 valence electrons. The van der Waals surface area contributed by atoms with E-state index in [0.29, 0.717) is 6.61 Å². The minimum absolute atomic E-state index is 0.699. The van der Waals surface area contributed by atoms with Gasteiger partial charge in [-0.05, 0) is 50.9 Å². The van der Waals surface area contributed by atoms with Gasteiger partial charge in [0.15, 0.2) is 0 Å². The van der Waals surface area contributed by atoms with Crippen molar-refractivity contribution in [3.63, 3.8) is 0 Å². The Labute approximate surface area is 103 Å². The molecule has 0 aliphatic rings. The third-order valence-electron chi connectivity index (χ3n) is 1.87. The molecule has 0 fully saturated rings. The van der Waals surface area contributed by atoms with E-state index >= 15 is 0 Å². The van der Waals surface area contributed by atoms with Gasteiger partial charge in [0.1, 0.15) is 5.75 Å². The maximum Gasteiger partial charge on any atom is 0.121 e. The van der Waals surface area contributed by atoms with Crippen LogP contribution in [0.15, 0.2) is 26.5 Å². The molecule has 1 heterocycles. The summed E-state index contributed by atoms with van der Waals surface area (Å²) in [6, 6.07) is 4.07. The smallest absolute Gasteiger partial charge is 0.121 e. The minimum atomic E-state index is 0.699. The molecule has 0 saturated heterocycles. The molecule has 0 aliphatic carbocycles. The summed E-state index contributed by atoms with van der Waals surface area (Å²) in [4.78, 5) is 0. The van der Waals surface area contributed by atoms with Crippen molar-refractivity contribution in [1.29, 1.82) is 0 Å². The van der Waals surface area contributed by atoms with Gasteiger partial charge < -0.3 is 4.74 Å². The van der Waals surface area contributed by atoms with Crippen LogP contribution in [0.4, 0.5) is 0 Å². The van der Waals surface area contributed by atoms with Crippen molar-refractivity contribution < 1.29 is 4.74 Å². The molecule has 0 amide bonds. The van der Waals surface area contributed by atoms with E-state index in [4.69, 9.17) is 4.74 Å². The molecule has 2 aromatic rings. The summed E-state index contributed by atoms with van der Waals surface area (Å²) in [5.74, 6) is 0.918. The van der Waals surface area contributed by atoms with E-state index in [9.17, 15) is 0 Å². The maximum absolute atomic E-state index is 5.47. The van der Waals surface area contributed by atoms with Gasteiger partial charge in [0.2, 0.25) is 0 Å². The van der Waals surface area contributed by atoms with Crippen molar-refractivity contribution in [3.8, 4) is 5.75 Å². The number of thiophene rings is 1. The van der Waals surface area contributed by atoms with Crippen molar-refractivity contribution in [3.05, 3.63) is 26.5 Å². The van der Waals surface area contributed by atoms with Crippen LogP contribution in [0.2, 0.25) is 0 Å².